The van der Waals surface area contributed by atoms with E-state index in [-0.39, 0.29) is 12.2 Å². The summed E-state index contributed by atoms with van der Waals surface area (Å²) in [6.45, 7) is -0.0509. The highest BCUT2D eigenvalue weighted by Crippen LogP contribution is 2.23. The minimum atomic E-state index is -4.39. The van der Waals surface area contributed by atoms with E-state index in [4.69, 9.17) is 11.6 Å². The van der Waals surface area contributed by atoms with Crippen molar-refractivity contribution in [1.29, 1.82) is 0 Å². The van der Waals surface area contributed by atoms with Crippen LogP contribution in [0, 0.1) is 0 Å². The largest absolute Gasteiger partial charge is 0.411 e. The Balaban J connectivity index is 1.98. The number of H-pyrrole nitrogens is 1. The van der Waals surface area contributed by atoms with E-state index >= 15 is 0 Å². The van der Waals surface area contributed by atoms with Crippen molar-refractivity contribution in [3.8, 4) is 11.3 Å². The van der Waals surface area contributed by atoms with Crippen molar-refractivity contribution in [2.75, 3.05) is 13.2 Å². The molecule has 0 aliphatic carbocycles. The van der Waals surface area contributed by atoms with Crippen molar-refractivity contribution in [2.24, 2.45) is 0 Å². The summed E-state index contributed by atoms with van der Waals surface area (Å²) < 4.78 is 40.6. The number of amides is 1. The first-order valence-corrected chi connectivity index (χ1v) is 7.39. The van der Waals surface area contributed by atoms with Crippen LogP contribution in [0.1, 0.15) is 17.3 Å². The number of aromatic amines is 1. The molecule has 1 heterocycles. The molecule has 0 spiro atoms. The van der Waals surface area contributed by atoms with Gasteiger partial charge in [0.1, 0.15) is 6.61 Å². The molecule has 1 aromatic heterocycles. The van der Waals surface area contributed by atoms with E-state index in [2.05, 4.69) is 20.3 Å². The number of rotatable bonds is 6. The number of alkyl halides is 3. The van der Waals surface area contributed by atoms with E-state index in [0.717, 1.165) is 0 Å². The van der Waals surface area contributed by atoms with Gasteiger partial charge in [-0.05, 0) is 19.1 Å². The van der Waals surface area contributed by atoms with Crippen LogP contribution in [0.2, 0.25) is 5.02 Å². The first kappa shape index (κ1) is 18.3. The molecule has 0 radical (unpaired) electrons. The van der Waals surface area contributed by atoms with Gasteiger partial charge in [-0.1, -0.05) is 23.7 Å². The van der Waals surface area contributed by atoms with E-state index in [9.17, 15) is 18.0 Å². The molecule has 1 atom stereocenters. The van der Waals surface area contributed by atoms with Gasteiger partial charge in [0, 0.05) is 16.6 Å². The van der Waals surface area contributed by atoms with Gasteiger partial charge in [-0.2, -0.15) is 18.3 Å². The number of benzene rings is 1. The van der Waals surface area contributed by atoms with Crippen LogP contribution < -0.4 is 5.32 Å². The maximum atomic E-state index is 12.3. The third kappa shape index (κ3) is 5.24. The van der Waals surface area contributed by atoms with Gasteiger partial charge < -0.3 is 10.1 Å². The molecule has 5 nitrogen and oxygen atoms in total. The Morgan fingerprint density at radius 1 is 1.38 bits per heavy atom. The SMILES string of the molecule is C[C@H](COCC(F)(F)F)NC(=O)c1cn[nH]c1-c1ccc(Cl)cc1. The zero-order valence-corrected chi connectivity index (χ0v) is 13.4. The fourth-order valence-electron chi connectivity index (χ4n) is 1.99. The normalized spacial score (nSPS) is 12.9. The van der Waals surface area contributed by atoms with Crippen LogP contribution in [0.5, 0.6) is 0 Å². The van der Waals surface area contributed by atoms with Crippen molar-refractivity contribution >= 4 is 17.5 Å². The first-order chi connectivity index (χ1) is 11.3. The summed E-state index contributed by atoms with van der Waals surface area (Å²) in [7, 11) is 0. The molecule has 2 rings (SSSR count). The quantitative estimate of drug-likeness (QED) is 0.828. The number of ether oxygens (including phenoxy) is 1. The van der Waals surface area contributed by atoms with Gasteiger partial charge in [-0.3, -0.25) is 9.89 Å². The summed E-state index contributed by atoms with van der Waals surface area (Å²) in [5.41, 5.74) is 1.48. The second-order valence-electron chi connectivity index (χ2n) is 5.17. The van der Waals surface area contributed by atoms with Gasteiger partial charge in [-0.25, -0.2) is 0 Å². The Morgan fingerprint density at radius 3 is 2.67 bits per heavy atom. The molecule has 2 N–H and O–H groups in total. The van der Waals surface area contributed by atoms with Crippen LogP contribution in [0.4, 0.5) is 13.2 Å². The van der Waals surface area contributed by atoms with E-state index in [1.54, 1.807) is 31.2 Å². The Bertz CT molecular complexity index is 686. The van der Waals surface area contributed by atoms with Crippen LogP contribution in [-0.2, 0) is 4.74 Å². The third-order valence-corrected chi connectivity index (χ3v) is 3.28. The zero-order chi connectivity index (χ0) is 17.7. The number of carbonyl (C=O) groups excluding carboxylic acids is 1. The lowest BCUT2D eigenvalue weighted by Gasteiger charge is -2.15. The van der Waals surface area contributed by atoms with Gasteiger partial charge >= 0.3 is 6.18 Å². The summed E-state index contributed by atoms with van der Waals surface area (Å²) in [5, 5.41) is 9.70. The number of nitrogens with zero attached hydrogens (tertiary/aromatic N) is 1. The number of hydrogen-bond acceptors (Lipinski definition) is 3. The average molecular weight is 362 g/mol. The predicted molar refractivity (Wildman–Crippen MR) is 82.8 cm³/mol. The van der Waals surface area contributed by atoms with Crippen molar-refractivity contribution in [3.05, 3.63) is 41.0 Å². The Hall–Kier alpha value is -2.06. The molecular weight excluding hydrogens is 347 g/mol. The Morgan fingerprint density at radius 2 is 2.04 bits per heavy atom. The third-order valence-electron chi connectivity index (χ3n) is 3.03. The number of halogens is 4. The molecule has 9 heteroatoms. The van der Waals surface area contributed by atoms with Crippen LogP contribution in [0.25, 0.3) is 11.3 Å². The summed E-state index contributed by atoms with van der Waals surface area (Å²) in [6, 6.07) is 6.21. The molecule has 24 heavy (non-hydrogen) atoms. The van der Waals surface area contributed by atoms with E-state index < -0.39 is 24.7 Å². The molecule has 0 fully saturated rings. The van der Waals surface area contributed by atoms with Gasteiger partial charge in [-0.15, -0.1) is 0 Å². The van der Waals surface area contributed by atoms with Crippen LogP contribution >= 0.6 is 11.6 Å². The summed E-state index contributed by atoms with van der Waals surface area (Å²) in [4.78, 5) is 12.3. The number of nitrogens with one attached hydrogen (secondary N) is 2. The average Bonchev–Trinajstić information content (AvgIpc) is 2.96. The summed E-state index contributed by atoms with van der Waals surface area (Å²) in [5.74, 6) is -0.461. The molecule has 0 saturated carbocycles. The van der Waals surface area contributed by atoms with Gasteiger partial charge in [0.05, 0.1) is 24.1 Å². The fourth-order valence-corrected chi connectivity index (χ4v) is 2.12. The second kappa shape index (κ2) is 7.67. The molecule has 1 amide bonds. The topological polar surface area (TPSA) is 67.0 Å². The molecule has 2 aromatic rings. The fraction of sp³-hybridized carbons (Fsp3) is 0.333. The smallest absolute Gasteiger partial charge is 0.370 e. The summed E-state index contributed by atoms with van der Waals surface area (Å²) >= 11 is 5.83. The molecule has 0 bridgehead atoms. The second-order valence-corrected chi connectivity index (χ2v) is 5.61. The van der Waals surface area contributed by atoms with Gasteiger partial charge in [0.15, 0.2) is 0 Å². The lowest BCUT2D eigenvalue weighted by Crippen LogP contribution is -2.36. The minimum Gasteiger partial charge on any atom is -0.370 e. The number of hydrogen-bond donors (Lipinski definition) is 2. The maximum Gasteiger partial charge on any atom is 0.411 e. The lowest BCUT2D eigenvalue weighted by atomic mass is 10.1. The molecule has 0 unspecified atom stereocenters. The number of carbonyl (C=O) groups is 1. The summed E-state index contributed by atoms with van der Waals surface area (Å²) in [6.07, 6.45) is -3.04. The van der Waals surface area contributed by atoms with E-state index in [1.165, 1.54) is 6.20 Å². The van der Waals surface area contributed by atoms with Crippen LogP contribution in [0.3, 0.4) is 0 Å². The van der Waals surface area contributed by atoms with E-state index in [1.807, 2.05) is 0 Å². The van der Waals surface area contributed by atoms with Gasteiger partial charge in [0.2, 0.25) is 0 Å². The highest BCUT2D eigenvalue weighted by molar-refractivity contribution is 6.30. The first-order valence-electron chi connectivity index (χ1n) is 7.01. The maximum absolute atomic E-state index is 12.3. The standard InChI is InChI=1S/C15H15ClF3N3O2/c1-9(7-24-8-15(17,18)19)21-14(23)12-6-20-22-13(12)10-2-4-11(16)5-3-10/h2-6,9H,7-8H2,1H3,(H,20,22)(H,21,23)/t9-/m1/s1. The van der Waals surface area contributed by atoms with Crippen molar-refractivity contribution in [1.82, 2.24) is 15.5 Å². The minimum absolute atomic E-state index is 0.251. The van der Waals surface area contributed by atoms with Crippen molar-refractivity contribution in [3.63, 3.8) is 0 Å². The molecule has 1 aromatic carbocycles. The monoisotopic (exact) mass is 361 g/mol. The molecular formula is C15H15ClF3N3O2. The Labute approximate surface area is 141 Å². The zero-order valence-electron chi connectivity index (χ0n) is 12.7. The lowest BCUT2D eigenvalue weighted by molar-refractivity contribution is -0.174. The molecule has 130 valence electrons. The highest BCUT2D eigenvalue weighted by Gasteiger charge is 2.27. The highest BCUT2D eigenvalue weighted by atomic mass is 35.5. The van der Waals surface area contributed by atoms with E-state index in [0.29, 0.717) is 16.3 Å². The van der Waals surface area contributed by atoms with Gasteiger partial charge in [0.25, 0.3) is 5.91 Å². The van der Waals surface area contributed by atoms with Crippen molar-refractivity contribution in [2.45, 2.75) is 19.1 Å². The molecule has 0 aliphatic rings. The predicted octanol–water partition coefficient (Wildman–Crippen LogP) is 3.43. The molecule has 0 saturated heterocycles. The van der Waals surface area contributed by atoms with Crippen LogP contribution in [-0.4, -0.2) is 41.5 Å². The molecule has 0 aliphatic heterocycles. The number of aromatic nitrogens is 2. The van der Waals surface area contributed by atoms with Crippen molar-refractivity contribution < 1.29 is 22.7 Å². The Kier molecular flexibility index (Phi) is 5.84. The van der Waals surface area contributed by atoms with Crippen LogP contribution in [0.15, 0.2) is 30.5 Å².